The van der Waals surface area contributed by atoms with E-state index in [1.807, 2.05) is 0 Å². The van der Waals surface area contributed by atoms with Gasteiger partial charge in [-0.15, -0.1) is 0 Å². The number of carboxylic acids is 1. The fraction of sp³-hybridized carbons (Fsp3) is 0.455. The average Bonchev–Trinajstić information content (AvgIpc) is 2.81. The molecule has 1 fully saturated rings. The van der Waals surface area contributed by atoms with E-state index < -0.39 is 5.97 Å². The van der Waals surface area contributed by atoms with Crippen molar-refractivity contribution in [3.8, 4) is 0 Å². The standard InChI is InChI=1S/C11H14N2O3/c14-10(9-1-4-12-7-9)13-5-2-8(3-6-13)11(15)16/h1,4,7-8,12H,2-3,5-6H2,(H,15,16). The molecule has 0 radical (unpaired) electrons. The second-order valence-corrected chi connectivity index (χ2v) is 4.00. The normalized spacial score (nSPS) is 17.4. The predicted molar refractivity (Wildman–Crippen MR) is 57.1 cm³/mol. The highest BCUT2D eigenvalue weighted by molar-refractivity contribution is 5.94. The maximum Gasteiger partial charge on any atom is 0.306 e. The fourth-order valence-electron chi connectivity index (χ4n) is 1.97. The molecule has 1 aromatic rings. The van der Waals surface area contributed by atoms with Crippen molar-refractivity contribution in [2.24, 2.45) is 5.92 Å². The van der Waals surface area contributed by atoms with Crippen LogP contribution in [0, 0.1) is 5.92 Å². The lowest BCUT2D eigenvalue weighted by Gasteiger charge is -2.29. The number of nitrogens with zero attached hydrogens (tertiary/aromatic N) is 1. The molecule has 1 aliphatic rings. The SMILES string of the molecule is O=C(O)C1CCN(C(=O)c2cc[nH]c2)CC1. The summed E-state index contributed by atoms with van der Waals surface area (Å²) >= 11 is 0. The van der Waals surface area contributed by atoms with Crippen molar-refractivity contribution in [2.75, 3.05) is 13.1 Å². The Morgan fingerprint density at radius 1 is 1.38 bits per heavy atom. The lowest BCUT2D eigenvalue weighted by Crippen LogP contribution is -2.40. The van der Waals surface area contributed by atoms with E-state index in [4.69, 9.17) is 5.11 Å². The summed E-state index contributed by atoms with van der Waals surface area (Å²) in [6.45, 7) is 1.06. The third-order valence-electron chi connectivity index (χ3n) is 2.98. The number of carboxylic acid groups (broad SMARTS) is 1. The van der Waals surface area contributed by atoms with Crippen LogP contribution in [0.15, 0.2) is 18.5 Å². The van der Waals surface area contributed by atoms with E-state index in [2.05, 4.69) is 4.98 Å². The average molecular weight is 222 g/mol. The van der Waals surface area contributed by atoms with Gasteiger partial charge >= 0.3 is 5.97 Å². The second kappa shape index (κ2) is 4.38. The number of H-pyrrole nitrogens is 1. The number of hydrogen-bond donors (Lipinski definition) is 2. The van der Waals surface area contributed by atoms with Crippen LogP contribution >= 0.6 is 0 Å². The minimum atomic E-state index is -0.756. The number of likely N-dealkylation sites (tertiary alicyclic amines) is 1. The zero-order valence-corrected chi connectivity index (χ0v) is 8.85. The molecule has 0 saturated carbocycles. The summed E-state index contributed by atoms with van der Waals surface area (Å²) in [5.74, 6) is -1.07. The lowest BCUT2D eigenvalue weighted by molar-refractivity contribution is -0.143. The topological polar surface area (TPSA) is 73.4 Å². The molecule has 0 spiro atoms. The number of aromatic nitrogens is 1. The molecule has 0 unspecified atom stereocenters. The van der Waals surface area contributed by atoms with Crippen molar-refractivity contribution in [1.82, 2.24) is 9.88 Å². The fourth-order valence-corrected chi connectivity index (χ4v) is 1.97. The van der Waals surface area contributed by atoms with Gasteiger partial charge in [-0.3, -0.25) is 9.59 Å². The highest BCUT2D eigenvalue weighted by Crippen LogP contribution is 2.18. The van der Waals surface area contributed by atoms with Crippen LogP contribution in [-0.4, -0.2) is 40.0 Å². The van der Waals surface area contributed by atoms with Crippen LogP contribution in [0.1, 0.15) is 23.2 Å². The van der Waals surface area contributed by atoms with Gasteiger partial charge in [0.1, 0.15) is 0 Å². The number of piperidine rings is 1. The number of carbonyl (C=O) groups is 2. The maximum absolute atomic E-state index is 11.9. The summed E-state index contributed by atoms with van der Waals surface area (Å²) < 4.78 is 0. The van der Waals surface area contributed by atoms with Gasteiger partial charge in [0.25, 0.3) is 5.91 Å². The van der Waals surface area contributed by atoms with Gasteiger partial charge in [0.05, 0.1) is 11.5 Å². The first-order chi connectivity index (χ1) is 7.68. The van der Waals surface area contributed by atoms with Gasteiger partial charge in [0, 0.05) is 25.5 Å². The van der Waals surface area contributed by atoms with Gasteiger partial charge in [-0.05, 0) is 18.9 Å². The Morgan fingerprint density at radius 3 is 2.56 bits per heavy atom. The Labute approximate surface area is 93.1 Å². The van der Waals surface area contributed by atoms with Crippen molar-refractivity contribution in [1.29, 1.82) is 0 Å². The van der Waals surface area contributed by atoms with Gasteiger partial charge in [0.2, 0.25) is 0 Å². The molecule has 5 heteroatoms. The number of amides is 1. The number of aliphatic carboxylic acids is 1. The Hall–Kier alpha value is -1.78. The van der Waals surface area contributed by atoms with Crippen molar-refractivity contribution >= 4 is 11.9 Å². The maximum atomic E-state index is 11.9. The zero-order valence-electron chi connectivity index (χ0n) is 8.85. The summed E-state index contributed by atoms with van der Waals surface area (Å²) in [5.41, 5.74) is 0.633. The Kier molecular flexibility index (Phi) is 2.94. The van der Waals surface area contributed by atoms with Crippen LogP contribution in [0.4, 0.5) is 0 Å². The minimum Gasteiger partial charge on any atom is -0.481 e. The summed E-state index contributed by atoms with van der Waals surface area (Å²) in [4.78, 5) is 27.2. The van der Waals surface area contributed by atoms with Crippen LogP contribution in [0.2, 0.25) is 0 Å². The quantitative estimate of drug-likeness (QED) is 0.782. The molecule has 0 aromatic carbocycles. The number of hydrogen-bond acceptors (Lipinski definition) is 2. The van der Waals surface area contributed by atoms with Crippen LogP contribution in [0.3, 0.4) is 0 Å². The van der Waals surface area contributed by atoms with E-state index in [1.54, 1.807) is 23.4 Å². The van der Waals surface area contributed by atoms with E-state index in [9.17, 15) is 9.59 Å². The first-order valence-electron chi connectivity index (χ1n) is 5.33. The molecule has 16 heavy (non-hydrogen) atoms. The Bertz CT molecular complexity index is 378. The molecule has 1 saturated heterocycles. The van der Waals surface area contributed by atoms with Gasteiger partial charge in [-0.1, -0.05) is 0 Å². The molecule has 1 aromatic heterocycles. The second-order valence-electron chi connectivity index (χ2n) is 4.00. The molecule has 5 nitrogen and oxygen atoms in total. The highest BCUT2D eigenvalue weighted by Gasteiger charge is 2.27. The smallest absolute Gasteiger partial charge is 0.306 e. The summed E-state index contributed by atoms with van der Waals surface area (Å²) in [5, 5.41) is 8.84. The van der Waals surface area contributed by atoms with Crippen molar-refractivity contribution in [3.63, 3.8) is 0 Å². The van der Waals surface area contributed by atoms with Crippen LogP contribution in [0.5, 0.6) is 0 Å². The molecule has 2 N–H and O–H groups in total. The third kappa shape index (κ3) is 2.08. The first-order valence-corrected chi connectivity index (χ1v) is 5.33. The van der Waals surface area contributed by atoms with Crippen LogP contribution < -0.4 is 0 Å². The van der Waals surface area contributed by atoms with E-state index in [0.717, 1.165) is 0 Å². The Morgan fingerprint density at radius 2 is 2.06 bits per heavy atom. The molecule has 1 amide bonds. The number of aromatic amines is 1. The van der Waals surface area contributed by atoms with Gasteiger partial charge < -0.3 is 15.0 Å². The van der Waals surface area contributed by atoms with E-state index in [-0.39, 0.29) is 11.8 Å². The first kappa shape index (κ1) is 10.7. The summed E-state index contributed by atoms with van der Waals surface area (Å²) in [6, 6.07) is 1.73. The van der Waals surface area contributed by atoms with Crippen molar-refractivity contribution in [2.45, 2.75) is 12.8 Å². The highest BCUT2D eigenvalue weighted by atomic mass is 16.4. The Balaban J connectivity index is 1.94. The van der Waals surface area contributed by atoms with Crippen molar-refractivity contribution in [3.05, 3.63) is 24.0 Å². The molecule has 2 heterocycles. The van der Waals surface area contributed by atoms with E-state index in [0.29, 0.717) is 31.5 Å². The molecule has 1 aliphatic heterocycles. The molecular weight excluding hydrogens is 208 g/mol. The van der Waals surface area contributed by atoms with E-state index >= 15 is 0 Å². The number of nitrogens with one attached hydrogen (secondary N) is 1. The molecule has 2 rings (SSSR count). The van der Waals surface area contributed by atoms with Crippen molar-refractivity contribution < 1.29 is 14.7 Å². The van der Waals surface area contributed by atoms with Crippen LogP contribution in [-0.2, 0) is 4.79 Å². The van der Waals surface area contributed by atoms with Gasteiger partial charge in [0.15, 0.2) is 0 Å². The molecule has 0 atom stereocenters. The molecular formula is C11H14N2O3. The number of rotatable bonds is 2. The minimum absolute atomic E-state index is 0.0231. The largest absolute Gasteiger partial charge is 0.481 e. The molecule has 0 aliphatic carbocycles. The monoisotopic (exact) mass is 222 g/mol. The van der Waals surface area contributed by atoms with Gasteiger partial charge in [-0.25, -0.2) is 0 Å². The predicted octanol–water partition coefficient (Wildman–Crippen LogP) is 0.952. The molecule has 86 valence electrons. The zero-order chi connectivity index (χ0) is 11.5. The number of carbonyl (C=O) groups excluding carboxylic acids is 1. The summed E-state index contributed by atoms with van der Waals surface area (Å²) in [6.07, 6.45) is 4.46. The van der Waals surface area contributed by atoms with Crippen LogP contribution in [0.25, 0.3) is 0 Å². The lowest BCUT2D eigenvalue weighted by atomic mass is 9.97. The van der Waals surface area contributed by atoms with Gasteiger partial charge in [-0.2, -0.15) is 0 Å². The third-order valence-corrected chi connectivity index (χ3v) is 2.98. The van der Waals surface area contributed by atoms with E-state index in [1.165, 1.54) is 0 Å². The molecule has 0 bridgehead atoms. The summed E-state index contributed by atoms with van der Waals surface area (Å²) in [7, 11) is 0.